The lowest BCUT2D eigenvalue weighted by Crippen LogP contribution is -2.21. The van der Waals surface area contributed by atoms with Crippen LogP contribution in [0.4, 0.5) is 5.00 Å². The summed E-state index contributed by atoms with van der Waals surface area (Å²) in [4.78, 5) is 38.5. The number of halogens is 1. The van der Waals surface area contributed by atoms with E-state index in [9.17, 15) is 14.4 Å². The molecule has 1 N–H and O–H groups in total. The number of fused-ring (bicyclic) bond motifs is 2. The third kappa shape index (κ3) is 3.38. The summed E-state index contributed by atoms with van der Waals surface area (Å²) in [6.07, 6.45) is 3.68. The number of hydrogen-bond acceptors (Lipinski definition) is 6. The molecule has 4 rings (SSSR count). The quantitative estimate of drug-likeness (QED) is 0.457. The summed E-state index contributed by atoms with van der Waals surface area (Å²) in [6.45, 7) is 0. The van der Waals surface area contributed by atoms with Crippen molar-refractivity contribution in [3.8, 4) is 0 Å². The summed E-state index contributed by atoms with van der Waals surface area (Å²) in [7, 11) is 1.32. The van der Waals surface area contributed by atoms with Gasteiger partial charge in [0.1, 0.15) is 16.1 Å². The van der Waals surface area contributed by atoms with E-state index in [-0.39, 0.29) is 5.56 Å². The average Bonchev–Trinajstić information content (AvgIpc) is 3.04. The second kappa shape index (κ2) is 7.52. The Hall–Kier alpha value is -2.45. The van der Waals surface area contributed by atoms with Crippen LogP contribution in [0.3, 0.4) is 0 Å². The molecular weight excluding hydrogens is 446 g/mol. The molecule has 6 nitrogen and oxygen atoms in total. The Balaban J connectivity index is 1.74. The van der Waals surface area contributed by atoms with Gasteiger partial charge < -0.3 is 14.5 Å². The first-order chi connectivity index (χ1) is 13.5. The molecule has 0 saturated carbocycles. The van der Waals surface area contributed by atoms with Gasteiger partial charge in [0.2, 0.25) is 0 Å². The summed E-state index contributed by atoms with van der Waals surface area (Å²) in [5.41, 5.74) is 0.879. The van der Waals surface area contributed by atoms with Crippen LogP contribution in [0.2, 0.25) is 0 Å². The number of carbonyl (C=O) groups is 2. The van der Waals surface area contributed by atoms with Crippen LogP contribution < -0.4 is 10.9 Å². The second-order valence-electron chi connectivity index (χ2n) is 6.49. The van der Waals surface area contributed by atoms with Crippen LogP contribution >= 0.6 is 27.3 Å². The number of nitrogens with one attached hydrogen (secondary N) is 1. The Morgan fingerprint density at radius 3 is 2.79 bits per heavy atom. The molecule has 0 aliphatic heterocycles. The van der Waals surface area contributed by atoms with Crippen molar-refractivity contribution in [2.24, 2.45) is 0 Å². The maximum absolute atomic E-state index is 12.8. The van der Waals surface area contributed by atoms with Gasteiger partial charge >= 0.3 is 11.6 Å². The number of thiophene rings is 1. The molecule has 1 aliphatic rings. The van der Waals surface area contributed by atoms with Gasteiger partial charge in [-0.1, -0.05) is 15.9 Å². The first kappa shape index (κ1) is 18.9. The molecule has 0 spiro atoms. The summed E-state index contributed by atoms with van der Waals surface area (Å²) in [6, 6.07) is 6.67. The molecule has 0 bridgehead atoms. The van der Waals surface area contributed by atoms with Crippen molar-refractivity contribution in [3.05, 3.63) is 60.7 Å². The van der Waals surface area contributed by atoms with Gasteiger partial charge in [0.15, 0.2) is 0 Å². The molecule has 0 unspecified atom stereocenters. The molecule has 1 aliphatic carbocycles. The minimum absolute atomic E-state index is 0.118. The lowest BCUT2D eigenvalue weighted by molar-refractivity contribution is 0.0601. The predicted molar refractivity (Wildman–Crippen MR) is 110 cm³/mol. The first-order valence-corrected chi connectivity index (χ1v) is 10.4. The van der Waals surface area contributed by atoms with Crippen molar-refractivity contribution in [2.45, 2.75) is 25.7 Å². The molecule has 2 heterocycles. The van der Waals surface area contributed by atoms with Gasteiger partial charge in [0.25, 0.3) is 5.91 Å². The topological polar surface area (TPSA) is 85.6 Å². The van der Waals surface area contributed by atoms with Crippen LogP contribution in [0.25, 0.3) is 11.0 Å². The molecular formula is C20H16BrNO5S. The van der Waals surface area contributed by atoms with E-state index in [0.717, 1.165) is 40.6 Å². The fourth-order valence-corrected chi connectivity index (χ4v) is 5.05. The lowest BCUT2D eigenvalue weighted by Gasteiger charge is -2.11. The van der Waals surface area contributed by atoms with E-state index in [1.165, 1.54) is 24.5 Å². The summed E-state index contributed by atoms with van der Waals surface area (Å²) in [5, 5.41) is 3.76. The van der Waals surface area contributed by atoms with Crippen LogP contribution in [0, 0.1) is 0 Å². The van der Waals surface area contributed by atoms with Crippen LogP contribution in [0.15, 0.2) is 37.9 Å². The number of methoxy groups -OCH3 is 1. The van der Waals surface area contributed by atoms with Gasteiger partial charge in [-0.25, -0.2) is 9.59 Å². The zero-order chi connectivity index (χ0) is 19.8. The van der Waals surface area contributed by atoms with Gasteiger partial charge in [-0.15, -0.1) is 11.3 Å². The summed E-state index contributed by atoms with van der Waals surface area (Å²) < 4.78 is 11.0. The molecule has 28 heavy (non-hydrogen) atoms. The number of anilines is 1. The first-order valence-electron chi connectivity index (χ1n) is 8.75. The van der Waals surface area contributed by atoms with Crippen molar-refractivity contribution in [2.75, 3.05) is 12.4 Å². The smallest absolute Gasteiger partial charge is 0.349 e. The Kier molecular flexibility index (Phi) is 5.07. The third-order valence-electron chi connectivity index (χ3n) is 4.73. The van der Waals surface area contributed by atoms with Crippen LogP contribution in [0.5, 0.6) is 0 Å². The Bertz CT molecular complexity index is 1160. The van der Waals surface area contributed by atoms with Gasteiger partial charge in [-0.2, -0.15) is 0 Å². The average molecular weight is 462 g/mol. The van der Waals surface area contributed by atoms with E-state index in [0.29, 0.717) is 21.5 Å². The number of esters is 1. The van der Waals surface area contributed by atoms with Gasteiger partial charge in [0.05, 0.1) is 12.7 Å². The molecule has 0 fully saturated rings. The lowest BCUT2D eigenvalue weighted by atomic mass is 9.95. The van der Waals surface area contributed by atoms with E-state index >= 15 is 0 Å². The van der Waals surface area contributed by atoms with Crippen LogP contribution in [0.1, 0.15) is 44.0 Å². The fourth-order valence-electron chi connectivity index (χ4n) is 3.39. The zero-order valence-corrected chi connectivity index (χ0v) is 17.4. The largest absolute Gasteiger partial charge is 0.465 e. The molecule has 1 aromatic carbocycles. The van der Waals surface area contributed by atoms with Gasteiger partial charge in [0, 0.05) is 14.7 Å². The van der Waals surface area contributed by atoms with Crippen molar-refractivity contribution in [3.63, 3.8) is 0 Å². The second-order valence-corrected chi connectivity index (χ2v) is 8.51. The fraction of sp³-hybridized carbons (Fsp3) is 0.250. The Morgan fingerprint density at radius 1 is 1.21 bits per heavy atom. The number of ether oxygens (including phenoxy) is 1. The van der Waals surface area contributed by atoms with Gasteiger partial charge in [-0.3, -0.25) is 4.79 Å². The minimum atomic E-state index is -0.728. The summed E-state index contributed by atoms with van der Waals surface area (Å²) in [5.74, 6) is -1.09. The zero-order valence-electron chi connectivity index (χ0n) is 15.0. The maximum atomic E-state index is 12.8. The molecule has 3 aromatic rings. The number of hydrogen-bond donors (Lipinski definition) is 1. The highest BCUT2D eigenvalue weighted by atomic mass is 79.9. The number of benzene rings is 1. The molecule has 1 amide bonds. The van der Waals surface area contributed by atoms with E-state index in [1.807, 2.05) is 0 Å². The molecule has 0 radical (unpaired) electrons. The van der Waals surface area contributed by atoms with Crippen molar-refractivity contribution >= 4 is 55.1 Å². The van der Waals surface area contributed by atoms with Crippen molar-refractivity contribution in [1.82, 2.24) is 0 Å². The van der Waals surface area contributed by atoms with E-state index < -0.39 is 17.5 Å². The van der Waals surface area contributed by atoms with E-state index in [4.69, 9.17) is 9.15 Å². The van der Waals surface area contributed by atoms with Crippen molar-refractivity contribution in [1.29, 1.82) is 0 Å². The molecule has 144 valence electrons. The molecule has 2 aromatic heterocycles. The Morgan fingerprint density at radius 2 is 2.00 bits per heavy atom. The maximum Gasteiger partial charge on any atom is 0.349 e. The number of amides is 1. The van der Waals surface area contributed by atoms with E-state index in [1.54, 1.807) is 18.2 Å². The van der Waals surface area contributed by atoms with Crippen LogP contribution in [-0.2, 0) is 17.6 Å². The normalized spacial score (nSPS) is 13.2. The monoisotopic (exact) mass is 461 g/mol. The molecule has 0 atom stereocenters. The minimum Gasteiger partial charge on any atom is -0.465 e. The van der Waals surface area contributed by atoms with Crippen molar-refractivity contribution < 1.29 is 18.7 Å². The van der Waals surface area contributed by atoms with Gasteiger partial charge in [-0.05, 0) is 55.5 Å². The molecule has 0 saturated heterocycles. The summed E-state index contributed by atoms with van der Waals surface area (Å²) >= 11 is 4.73. The number of rotatable bonds is 3. The third-order valence-corrected chi connectivity index (χ3v) is 6.43. The number of aryl methyl sites for hydroxylation is 1. The Labute approximate surface area is 172 Å². The highest BCUT2D eigenvalue weighted by molar-refractivity contribution is 9.10. The van der Waals surface area contributed by atoms with Crippen LogP contribution in [-0.4, -0.2) is 19.0 Å². The standard InChI is InChI=1S/C20H16BrNO5S/c1-26-20(25)16-12-4-2-3-5-15(12)28-18(16)22-17(23)13-9-10-8-11(21)6-7-14(10)27-19(13)24/h6-9H,2-5H2,1H3,(H,22,23). The molecule has 8 heteroatoms. The highest BCUT2D eigenvalue weighted by Gasteiger charge is 2.27. The number of carbonyl (C=O) groups excluding carboxylic acids is 2. The van der Waals surface area contributed by atoms with E-state index in [2.05, 4.69) is 21.2 Å². The SMILES string of the molecule is COC(=O)c1c(NC(=O)c2cc3cc(Br)ccc3oc2=O)sc2c1CCCC2. The predicted octanol–water partition coefficient (Wildman–Crippen LogP) is 4.53. The highest BCUT2D eigenvalue weighted by Crippen LogP contribution is 2.38.